The molecule has 0 heterocycles. The van der Waals surface area contributed by atoms with E-state index in [-0.39, 0.29) is 23.1 Å². The molecule has 120 valence electrons. The summed E-state index contributed by atoms with van der Waals surface area (Å²) >= 11 is 0. The van der Waals surface area contributed by atoms with Gasteiger partial charge in [0.2, 0.25) is 0 Å². The molecule has 0 aromatic rings. The Morgan fingerprint density at radius 1 is 1.18 bits per heavy atom. The highest BCUT2D eigenvalue weighted by atomic mass is 16.3. The molecule has 0 saturated heterocycles. The number of ketones is 1. The molecule has 0 aromatic carbocycles. The van der Waals surface area contributed by atoms with Gasteiger partial charge in [0.05, 0.1) is 6.10 Å². The molecule has 4 aliphatic carbocycles. The molecule has 2 fully saturated rings. The number of fused-ring (bicyclic) bond motifs is 5. The molecule has 0 unspecified atom stereocenters. The van der Waals surface area contributed by atoms with Crippen molar-refractivity contribution in [3.63, 3.8) is 0 Å². The van der Waals surface area contributed by atoms with Crippen LogP contribution in [0.25, 0.3) is 0 Å². The third kappa shape index (κ3) is 1.87. The first-order valence-corrected chi connectivity index (χ1v) is 8.82. The van der Waals surface area contributed by atoms with Crippen molar-refractivity contribution < 1.29 is 15.0 Å². The summed E-state index contributed by atoms with van der Waals surface area (Å²) in [5.41, 5.74) is 1.06. The van der Waals surface area contributed by atoms with Crippen LogP contribution in [0, 0.1) is 29.1 Å². The summed E-state index contributed by atoms with van der Waals surface area (Å²) in [6.07, 6.45) is 10.6. The molecule has 22 heavy (non-hydrogen) atoms. The predicted molar refractivity (Wildman–Crippen MR) is 84.2 cm³/mol. The Bertz CT molecular complexity index is 561. The molecule has 3 nitrogen and oxygen atoms in total. The molecule has 4 rings (SSSR count). The summed E-state index contributed by atoms with van der Waals surface area (Å²) in [4.78, 5) is 11.8. The van der Waals surface area contributed by atoms with Gasteiger partial charge >= 0.3 is 0 Å². The van der Waals surface area contributed by atoms with Gasteiger partial charge < -0.3 is 10.2 Å². The molecule has 0 aliphatic heterocycles. The van der Waals surface area contributed by atoms with Gasteiger partial charge in [-0.05, 0) is 67.8 Å². The topological polar surface area (TPSA) is 57.5 Å². The number of carbonyl (C=O) groups excluding carboxylic acids is 1. The average Bonchev–Trinajstić information content (AvgIpc) is 2.51. The minimum atomic E-state index is -0.221. The molecule has 0 aromatic heterocycles. The van der Waals surface area contributed by atoms with Crippen LogP contribution in [0.4, 0.5) is 0 Å². The highest BCUT2D eigenvalue weighted by Gasteiger charge is 2.53. The second-order valence-corrected chi connectivity index (χ2v) is 8.06. The lowest BCUT2D eigenvalue weighted by Gasteiger charge is -2.56. The van der Waals surface area contributed by atoms with Crippen LogP contribution in [0.2, 0.25) is 0 Å². The van der Waals surface area contributed by atoms with Gasteiger partial charge in [-0.25, -0.2) is 0 Å². The highest BCUT2D eigenvalue weighted by molar-refractivity contribution is 5.94. The minimum absolute atomic E-state index is 0.0175. The van der Waals surface area contributed by atoms with Crippen LogP contribution < -0.4 is 0 Å². The Morgan fingerprint density at radius 3 is 2.82 bits per heavy atom. The standard InChI is InChI=1S/C19H26O3/c1-19-10-9-12-11-7-8-16(20)18(22)14(11)6-5-13(12)15(19)3-2-4-17(19)21/h2-3,11-13,15,17,21-22H,4-10H2,1H3/t11-,12-,13-,15+,17+,19+/m1/s1. The largest absolute Gasteiger partial charge is 0.504 e. The van der Waals surface area contributed by atoms with Crippen LogP contribution in [0.15, 0.2) is 23.5 Å². The van der Waals surface area contributed by atoms with Gasteiger partial charge in [-0.1, -0.05) is 19.1 Å². The molecule has 0 bridgehead atoms. The third-order valence-electron chi connectivity index (χ3n) is 7.22. The van der Waals surface area contributed by atoms with Crippen molar-refractivity contribution in [1.82, 2.24) is 0 Å². The molecule has 0 radical (unpaired) electrons. The summed E-state index contributed by atoms with van der Waals surface area (Å²) in [5.74, 6) is 2.05. The van der Waals surface area contributed by atoms with E-state index in [4.69, 9.17) is 0 Å². The van der Waals surface area contributed by atoms with Crippen molar-refractivity contribution in [2.45, 2.75) is 58.0 Å². The zero-order chi connectivity index (χ0) is 15.5. The zero-order valence-corrected chi connectivity index (χ0v) is 13.3. The van der Waals surface area contributed by atoms with E-state index in [9.17, 15) is 15.0 Å². The molecular weight excluding hydrogens is 276 g/mol. The third-order valence-corrected chi connectivity index (χ3v) is 7.22. The van der Waals surface area contributed by atoms with Crippen LogP contribution in [0.3, 0.4) is 0 Å². The predicted octanol–water partition coefficient (Wildman–Crippen LogP) is 3.54. The number of allylic oxidation sites excluding steroid dienone is 3. The van der Waals surface area contributed by atoms with Crippen molar-refractivity contribution in [2.24, 2.45) is 29.1 Å². The number of Topliss-reactive ketones (excluding diaryl/α,β-unsaturated/α-hetero) is 1. The Balaban J connectivity index is 1.68. The van der Waals surface area contributed by atoms with Gasteiger partial charge in [0, 0.05) is 11.8 Å². The quantitative estimate of drug-likeness (QED) is 0.673. The zero-order valence-electron chi connectivity index (χ0n) is 13.3. The number of rotatable bonds is 0. The van der Waals surface area contributed by atoms with Crippen molar-refractivity contribution >= 4 is 5.78 Å². The van der Waals surface area contributed by atoms with E-state index in [1.54, 1.807) is 0 Å². The van der Waals surface area contributed by atoms with E-state index < -0.39 is 0 Å². The maximum atomic E-state index is 11.8. The monoisotopic (exact) mass is 302 g/mol. The van der Waals surface area contributed by atoms with E-state index in [0.717, 1.165) is 44.1 Å². The van der Waals surface area contributed by atoms with Crippen molar-refractivity contribution in [1.29, 1.82) is 0 Å². The number of aliphatic hydroxyl groups excluding tert-OH is 2. The van der Waals surface area contributed by atoms with Crippen molar-refractivity contribution in [2.75, 3.05) is 0 Å². The van der Waals surface area contributed by atoms with E-state index in [1.165, 1.54) is 0 Å². The number of hydrogen-bond acceptors (Lipinski definition) is 3. The summed E-state index contributed by atoms with van der Waals surface area (Å²) in [6, 6.07) is 0. The molecule has 4 aliphatic rings. The van der Waals surface area contributed by atoms with Gasteiger partial charge in [-0.2, -0.15) is 0 Å². The summed E-state index contributed by atoms with van der Waals surface area (Å²) < 4.78 is 0. The fourth-order valence-electron chi connectivity index (χ4n) is 5.91. The lowest BCUT2D eigenvalue weighted by Crippen LogP contribution is -2.52. The minimum Gasteiger partial charge on any atom is -0.504 e. The second-order valence-electron chi connectivity index (χ2n) is 8.06. The molecule has 0 amide bonds. The smallest absolute Gasteiger partial charge is 0.197 e. The van der Waals surface area contributed by atoms with Crippen molar-refractivity contribution in [3.8, 4) is 0 Å². The summed E-state index contributed by atoms with van der Waals surface area (Å²) in [6.45, 7) is 2.26. The number of carbonyl (C=O) groups is 1. The molecule has 2 saturated carbocycles. The van der Waals surface area contributed by atoms with Crippen LogP contribution in [0.1, 0.15) is 51.9 Å². The van der Waals surface area contributed by atoms with E-state index >= 15 is 0 Å². The molecule has 2 N–H and O–H groups in total. The number of hydrogen-bond donors (Lipinski definition) is 2. The van der Waals surface area contributed by atoms with Gasteiger partial charge in [0.1, 0.15) is 0 Å². The Morgan fingerprint density at radius 2 is 2.00 bits per heavy atom. The Kier molecular flexibility index (Phi) is 3.26. The Labute approximate surface area is 132 Å². The van der Waals surface area contributed by atoms with Crippen LogP contribution in [-0.4, -0.2) is 22.1 Å². The normalized spacial score (nSPS) is 47.7. The van der Waals surface area contributed by atoms with Gasteiger partial charge in [0.25, 0.3) is 0 Å². The van der Waals surface area contributed by atoms with Gasteiger partial charge in [0.15, 0.2) is 11.5 Å². The van der Waals surface area contributed by atoms with Crippen LogP contribution in [0.5, 0.6) is 0 Å². The number of aliphatic hydroxyl groups is 2. The second kappa shape index (κ2) is 4.95. The van der Waals surface area contributed by atoms with Crippen LogP contribution >= 0.6 is 0 Å². The molecular formula is C19H26O3. The van der Waals surface area contributed by atoms with E-state index in [1.807, 2.05) is 0 Å². The lowest BCUT2D eigenvalue weighted by molar-refractivity contribution is -0.120. The first-order chi connectivity index (χ1) is 10.5. The van der Waals surface area contributed by atoms with Gasteiger partial charge in [-0.15, -0.1) is 0 Å². The highest BCUT2D eigenvalue weighted by Crippen LogP contribution is 2.59. The fraction of sp³-hybridized carbons (Fsp3) is 0.737. The van der Waals surface area contributed by atoms with E-state index in [2.05, 4.69) is 19.1 Å². The van der Waals surface area contributed by atoms with E-state index in [0.29, 0.717) is 30.1 Å². The SMILES string of the molecule is C[C@]12CC[C@H]3[C@@H](CCC4=C(O)C(=O)CC[C@@H]43)[C@@H]1C=CC[C@@H]2O. The Hall–Kier alpha value is -1.09. The molecule has 6 atom stereocenters. The van der Waals surface area contributed by atoms with Gasteiger partial charge in [-0.3, -0.25) is 4.79 Å². The lowest BCUT2D eigenvalue weighted by atomic mass is 9.49. The summed E-state index contributed by atoms with van der Waals surface area (Å²) in [5, 5.41) is 20.7. The fourth-order valence-corrected chi connectivity index (χ4v) is 5.91. The average molecular weight is 302 g/mol. The molecule has 3 heteroatoms. The summed E-state index contributed by atoms with van der Waals surface area (Å²) in [7, 11) is 0. The maximum absolute atomic E-state index is 11.8. The maximum Gasteiger partial charge on any atom is 0.197 e. The van der Waals surface area contributed by atoms with Crippen molar-refractivity contribution in [3.05, 3.63) is 23.5 Å². The first-order valence-electron chi connectivity index (χ1n) is 8.82. The first kappa shape index (κ1) is 14.5. The molecule has 0 spiro atoms. The van der Waals surface area contributed by atoms with Crippen LogP contribution in [-0.2, 0) is 4.79 Å².